The summed E-state index contributed by atoms with van der Waals surface area (Å²) in [4.78, 5) is 8.77. The number of aromatic amines is 1. The Labute approximate surface area is 156 Å². The molecule has 0 bridgehead atoms. The maximum atomic E-state index is 6.11. The zero-order valence-electron chi connectivity index (χ0n) is 14.8. The van der Waals surface area contributed by atoms with Crippen molar-refractivity contribution in [1.29, 1.82) is 0 Å². The van der Waals surface area contributed by atoms with Gasteiger partial charge in [-0.1, -0.05) is 0 Å². The standard InChI is InChI=1S/C21H20N6/c22-21-17(16-10-26-27-11-16)8-15(9-25-21)14-6-13-3-5-23-12-19(13)18(7-14)20-2-1-4-24-20/h3,5-12,20,24H,1-2,4H2,(H2,22,25)(H,26,27)/t20-/m0/s1. The van der Waals surface area contributed by atoms with Crippen LogP contribution in [0.2, 0.25) is 0 Å². The third kappa shape index (κ3) is 2.84. The van der Waals surface area contributed by atoms with E-state index in [4.69, 9.17) is 5.73 Å². The third-order valence-electron chi connectivity index (χ3n) is 5.28. The van der Waals surface area contributed by atoms with Crippen molar-refractivity contribution < 1.29 is 0 Å². The van der Waals surface area contributed by atoms with Gasteiger partial charge in [-0.3, -0.25) is 10.1 Å². The van der Waals surface area contributed by atoms with E-state index < -0.39 is 0 Å². The molecule has 1 fully saturated rings. The van der Waals surface area contributed by atoms with E-state index in [1.165, 1.54) is 22.8 Å². The van der Waals surface area contributed by atoms with E-state index in [2.05, 4.69) is 49.7 Å². The predicted octanol–water partition coefficient (Wildman–Crippen LogP) is 3.69. The van der Waals surface area contributed by atoms with Crippen molar-refractivity contribution in [3.63, 3.8) is 0 Å². The number of rotatable bonds is 3. The van der Waals surface area contributed by atoms with Crippen molar-refractivity contribution in [2.24, 2.45) is 0 Å². The molecular formula is C21H20N6. The zero-order chi connectivity index (χ0) is 18.2. The summed E-state index contributed by atoms with van der Waals surface area (Å²) in [6.07, 6.45) is 11.6. The number of nitrogen functional groups attached to an aromatic ring is 1. The Balaban J connectivity index is 1.68. The molecule has 5 rings (SSSR count). The molecule has 27 heavy (non-hydrogen) atoms. The fourth-order valence-corrected chi connectivity index (χ4v) is 3.89. The van der Waals surface area contributed by atoms with Gasteiger partial charge in [-0.25, -0.2) is 4.98 Å². The molecule has 134 valence electrons. The van der Waals surface area contributed by atoms with Gasteiger partial charge < -0.3 is 11.1 Å². The molecule has 1 aliphatic rings. The normalized spacial score (nSPS) is 16.8. The van der Waals surface area contributed by atoms with Crippen molar-refractivity contribution in [3.8, 4) is 22.3 Å². The summed E-state index contributed by atoms with van der Waals surface area (Å²) in [7, 11) is 0. The van der Waals surface area contributed by atoms with Crippen LogP contribution in [0.1, 0.15) is 24.4 Å². The Bertz CT molecular complexity index is 1100. The van der Waals surface area contributed by atoms with E-state index in [-0.39, 0.29) is 0 Å². The number of benzene rings is 1. The highest BCUT2D eigenvalue weighted by atomic mass is 15.1. The fourth-order valence-electron chi connectivity index (χ4n) is 3.89. The Morgan fingerprint density at radius 1 is 1.04 bits per heavy atom. The average Bonchev–Trinajstić information content (AvgIpc) is 3.41. The lowest BCUT2D eigenvalue weighted by molar-refractivity contribution is 0.653. The maximum absolute atomic E-state index is 6.11. The first-order valence-electron chi connectivity index (χ1n) is 9.16. The summed E-state index contributed by atoms with van der Waals surface area (Å²) in [6.45, 7) is 1.06. The van der Waals surface area contributed by atoms with Gasteiger partial charge in [0.15, 0.2) is 0 Å². The quantitative estimate of drug-likeness (QED) is 0.520. The number of nitrogens with one attached hydrogen (secondary N) is 2. The van der Waals surface area contributed by atoms with Gasteiger partial charge in [0.2, 0.25) is 0 Å². The van der Waals surface area contributed by atoms with Crippen LogP contribution in [0.5, 0.6) is 0 Å². The molecule has 0 radical (unpaired) electrons. The first kappa shape index (κ1) is 16.0. The Kier molecular flexibility index (Phi) is 3.83. The van der Waals surface area contributed by atoms with Crippen molar-refractivity contribution >= 4 is 16.6 Å². The molecule has 0 unspecified atom stereocenters. The molecule has 4 heterocycles. The number of anilines is 1. The van der Waals surface area contributed by atoms with Gasteiger partial charge >= 0.3 is 0 Å². The summed E-state index contributed by atoms with van der Waals surface area (Å²) >= 11 is 0. The molecule has 4 aromatic rings. The van der Waals surface area contributed by atoms with E-state index >= 15 is 0 Å². The number of H-pyrrole nitrogens is 1. The van der Waals surface area contributed by atoms with Crippen LogP contribution >= 0.6 is 0 Å². The van der Waals surface area contributed by atoms with Gasteiger partial charge in [0.1, 0.15) is 5.82 Å². The molecule has 0 spiro atoms. The Morgan fingerprint density at radius 2 is 2.00 bits per heavy atom. The number of pyridine rings is 2. The lowest BCUT2D eigenvalue weighted by Gasteiger charge is -2.16. The van der Waals surface area contributed by atoms with Gasteiger partial charge in [0, 0.05) is 52.9 Å². The summed E-state index contributed by atoms with van der Waals surface area (Å²) in [5.74, 6) is 0.503. The Hall–Kier alpha value is -3.25. The van der Waals surface area contributed by atoms with E-state index in [0.717, 1.165) is 35.2 Å². The smallest absolute Gasteiger partial charge is 0.131 e. The van der Waals surface area contributed by atoms with Crippen LogP contribution in [0.4, 0.5) is 5.82 Å². The van der Waals surface area contributed by atoms with Crippen LogP contribution in [0.3, 0.4) is 0 Å². The predicted molar refractivity (Wildman–Crippen MR) is 107 cm³/mol. The van der Waals surface area contributed by atoms with Gasteiger partial charge in [-0.05, 0) is 60.2 Å². The molecule has 3 aromatic heterocycles. The molecule has 1 atom stereocenters. The highest BCUT2D eigenvalue weighted by Gasteiger charge is 2.20. The molecule has 1 aliphatic heterocycles. The molecule has 6 nitrogen and oxygen atoms in total. The van der Waals surface area contributed by atoms with Crippen LogP contribution in [0, 0.1) is 0 Å². The number of hydrogen-bond acceptors (Lipinski definition) is 5. The number of fused-ring (bicyclic) bond motifs is 1. The highest BCUT2D eigenvalue weighted by Crippen LogP contribution is 2.35. The highest BCUT2D eigenvalue weighted by molar-refractivity contribution is 5.91. The minimum atomic E-state index is 0.367. The number of nitrogens with two attached hydrogens (primary N) is 1. The van der Waals surface area contributed by atoms with Crippen LogP contribution in [-0.4, -0.2) is 26.7 Å². The molecule has 6 heteroatoms. The molecule has 1 saturated heterocycles. The summed E-state index contributed by atoms with van der Waals surface area (Å²) < 4.78 is 0. The molecule has 0 aliphatic carbocycles. The van der Waals surface area contributed by atoms with Crippen molar-refractivity contribution in [3.05, 3.63) is 60.8 Å². The largest absolute Gasteiger partial charge is 0.383 e. The summed E-state index contributed by atoms with van der Waals surface area (Å²) in [5, 5.41) is 12.9. The van der Waals surface area contributed by atoms with Crippen molar-refractivity contribution in [2.75, 3.05) is 12.3 Å². The first-order chi connectivity index (χ1) is 13.3. The van der Waals surface area contributed by atoms with E-state index in [0.29, 0.717) is 11.9 Å². The lowest BCUT2D eigenvalue weighted by atomic mass is 9.93. The number of nitrogens with zero attached hydrogens (tertiary/aromatic N) is 3. The minimum absolute atomic E-state index is 0.367. The maximum Gasteiger partial charge on any atom is 0.131 e. The van der Waals surface area contributed by atoms with Crippen LogP contribution in [-0.2, 0) is 0 Å². The summed E-state index contributed by atoms with van der Waals surface area (Å²) in [6, 6.07) is 8.98. The molecule has 4 N–H and O–H groups in total. The molecule has 1 aromatic carbocycles. The molecule has 0 amide bonds. The topological polar surface area (TPSA) is 92.5 Å². The number of hydrogen-bond donors (Lipinski definition) is 3. The molecule has 0 saturated carbocycles. The average molecular weight is 356 g/mol. The van der Waals surface area contributed by atoms with Crippen LogP contribution in [0.15, 0.2) is 55.2 Å². The summed E-state index contributed by atoms with van der Waals surface area (Å²) in [5.41, 5.74) is 11.4. The minimum Gasteiger partial charge on any atom is -0.383 e. The van der Waals surface area contributed by atoms with Gasteiger partial charge in [-0.15, -0.1) is 0 Å². The Morgan fingerprint density at radius 3 is 2.81 bits per heavy atom. The van der Waals surface area contributed by atoms with Gasteiger partial charge in [0.05, 0.1) is 6.20 Å². The van der Waals surface area contributed by atoms with Crippen LogP contribution < -0.4 is 11.1 Å². The van der Waals surface area contributed by atoms with E-state index in [1.54, 1.807) is 6.20 Å². The zero-order valence-corrected chi connectivity index (χ0v) is 14.8. The lowest BCUT2D eigenvalue weighted by Crippen LogP contribution is -2.13. The third-order valence-corrected chi connectivity index (χ3v) is 5.28. The molecular weight excluding hydrogens is 336 g/mol. The second-order valence-corrected chi connectivity index (χ2v) is 6.95. The second kappa shape index (κ2) is 6.48. The first-order valence-corrected chi connectivity index (χ1v) is 9.16. The van der Waals surface area contributed by atoms with Gasteiger partial charge in [0.25, 0.3) is 0 Å². The van der Waals surface area contributed by atoms with E-state index in [9.17, 15) is 0 Å². The SMILES string of the molecule is Nc1ncc(-c2cc([C@@H]3CCCN3)c3cnccc3c2)cc1-c1cn[nH]c1. The fraction of sp³-hybridized carbons (Fsp3) is 0.190. The van der Waals surface area contributed by atoms with Crippen molar-refractivity contribution in [1.82, 2.24) is 25.5 Å². The second-order valence-electron chi connectivity index (χ2n) is 6.95. The monoisotopic (exact) mass is 356 g/mol. The van der Waals surface area contributed by atoms with Gasteiger partial charge in [-0.2, -0.15) is 5.10 Å². The van der Waals surface area contributed by atoms with E-state index in [1.807, 2.05) is 24.8 Å². The van der Waals surface area contributed by atoms with Crippen LogP contribution in [0.25, 0.3) is 33.0 Å². The number of aromatic nitrogens is 4. The van der Waals surface area contributed by atoms with Crippen molar-refractivity contribution in [2.45, 2.75) is 18.9 Å².